The predicted octanol–water partition coefficient (Wildman–Crippen LogP) is 3.52. The summed E-state index contributed by atoms with van der Waals surface area (Å²) in [7, 11) is 0. The molecule has 2 aromatic rings. The summed E-state index contributed by atoms with van der Waals surface area (Å²) in [4.78, 5) is 16.3. The van der Waals surface area contributed by atoms with Gasteiger partial charge in [0.1, 0.15) is 10.8 Å². The molecule has 2 N–H and O–H groups in total. The molecule has 0 unspecified atom stereocenters. The van der Waals surface area contributed by atoms with Crippen LogP contribution in [0.15, 0.2) is 28.7 Å². The van der Waals surface area contributed by atoms with Gasteiger partial charge < -0.3 is 15.5 Å². The average Bonchev–Trinajstić information content (AvgIpc) is 3.36. The predicted molar refractivity (Wildman–Crippen MR) is 114 cm³/mol. The van der Waals surface area contributed by atoms with Gasteiger partial charge in [-0.1, -0.05) is 13.8 Å². The van der Waals surface area contributed by atoms with Crippen LogP contribution in [0.3, 0.4) is 0 Å². The molecule has 0 aromatic carbocycles. The minimum absolute atomic E-state index is 0.466. The second-order valence-electron chi connectivity index (χ2n) is 7.09. The number of nitrogens with zero attached hydrogens (tertiary/aromatic N) is 4. The van der Waals surface area contributed by atoms with Gasteiger partial charge in [0.2, 0.25) is 0 Å². The van der Waals surface area contributed by atoms with E-state index in [0.717, 1.165) is 42.1 Å². The van der Waals surface area contributed by atoms with Gasteiger partial charge in [0, 0.05) is 31.2 Å². The maximum atomic E-state index is 4.73. The highest BCUT2D eigenvalue weighted by Gasteiger charge is 2.13. The third-order valence-electron chi connectivity index (χ3n) is 4.57. The molecule has 6 nitrogen and oxygen atoms in total. The Hall–Kier alpha value is -2.15. The standard InChI is InChI=1S/C20H30N6S/c1-4-21-20(24-13-19-25-17(14-27-19)15(2)3)23-12-16-7-8-22-18(11-16)26-9-5-6-10-26/h7-8,11,14-15H,4-6,9-10,12-13H2,1-3H3,(H2,21,23,24). The van der Waals surface area contributed by atoms with E-state index in [1.165, 1.54) is 18.4 Å². The Bertz CT molecular complexity index is 748. The van der Waals surface area contributed by atoms with Gasteiger partial charge in [-0.25, -0.2) is 15.0 Å². The molecule has 3 rings (SSSR count). The van der Waals surface area contributed by atoms with Crippen LogP contribution in [-0.4, -0.2) is 35.6 Å². The quantitative estimate of drug-likeness (QED) is 0.563. The summed E-state index contributed by atoms with van der Waals surface area (Å²) in [5.41, 5.74) is 2.34. The molecule has 0 spiro atoms. The summed E-state index contributed by atoms with van der Waals surface area (Å²) in [5.74, 6) is 2.36. The number of aliphatic imine (C=N–C) groups is 1. The molecule has 2 aromatic heterocycles. The maximum absolute atomic E-state index is 4.73. The van der Waals surface area contributed by atoms with Gasteiger partial charge in [-0.05, 0) is 43.4 Å². The van der Waals surface area contributed by atoms with Gasteiger partial charge in [0.05, 0.1) is 18.8 Å². The van der Waals surface area contributed by atoms with Crippen LogP contribution in [-0.2, 0) is 13.1 Å². The van der Waals surface area contributed by atoms with E-state index in [9.17, 15) is 0 Å². The molecule has 7 heteroatoms. The van der Waals surface area contributed by atoms with Crippen molar-refractivity contribution in [1.29, 1.82) is 0 Å². The first-order chi connectivity index (χ1) is 13.2. The van der Waals surface area contributed by atoms with E-state index in [1.54, 1.807) is 11.3 Å². The van der Waals surface area contributed by atoms with Crippen molar-refractivity contribution in [2.24, 2.45) is 4.99 Å². The number of hydrogen-bond acceptors (Lipinski definition) is 5. The third kappa shape index (κ3) is 5.66. The first-order valence-electron chi connectivity index (χ1n) is 9.82. The fourth-order valence-corrected chi connectivity index (χ4v) is 3.92. The van der Waals surface area contributed by atoms with Gasteiger partial charge >= 0.3 is 0 Å². The Morgan fingerprint density at radius 3 is 2.81 bits per heavy atom. The Kier molecular flexibility index (Phi) is 7.04. The maximum Gasteiger partial charge on any atom is 0.191 e. The van der Waals surface area contributed by atoms with E-state index in [-0.39, 0.29) is 0 Å². The first-order valence-corrected chi connectivity index (χ1v) is 10.7. The topological polar surface area (TPSA) is 65.4 Å². The minimum Gasteiger partial charge on any atom is -0.357 e. The second kappa shape index (κ2) is 9.69. The van der Waals surface area contributed by atoms with Crippen molar-refractivity contribution in [1.82, 2.24) is 20.6 Å². The second-order valence-corrected chi connectivity index (χ2v) is 8.03. The number of nitrogens with one attached hydrogen (secondary N) is 2. The molecule has 146 valence electrons. The number of rotatable bonds is 7. The van der Waals surface area contributed by atoms with Crippen LogP contribution in [0.25, 0.3) is 0 Å². The molecular weight excluding hydrogens is 356 g/mol. The Morgan fingerprint density at radius 1 is 1.30 bits per heavy atom. The number of thiazole rings is 1. The van der Waals surface area contributed by atoms with Crippen LogP contribution < -0.4 is 15.5 Å². The molecule has 1 saturated heterocycles. The summed E-state index contributed by atoms with van der Waals surface area (Å²) in [5, 5.41) is 9.93. The lowest BCUT2D eigenvalue weighted by molar-refractivity contribution is 0.788. The van der Waals surface area contributed by atoms with Crippen molar-refractivity contribution < 1.29 is 0 Å². The molecule has 0 saturated carbocycles. The zero-order valence-electron chi connectivity index (χ0n) is 16.5. The lowest BCUT2D eigenvalue weighted by Gasteiger charge is -2.16. The molecule has 0 amide bonds. The Balaban J connectivity index is 1.60. The van der Waals surface area contributed by atoms with Crippen molar-refractivity contribution in [3.05, 3.63) is 40.0 Å². The number of pyridine rings is 1. The van der Waals surface area contributed by atoms with Crippen LogP contribution in [0.5, 0.6) is 0 Å². The summed E-state index contributed by atoms with van der Waals surface area (Å²) in [6.07, 6.45) is 4.41. The number of guanidine groups is 1. The van der Waals surface area contributed by atoms with Crippen molar-refractivity contribution >= 4 is 23.1 Å². The Morgan fingerprint density at radius 2 is 2.11 bits per heavy atom. The van der Waals surface area contributed by atoms with Crippen LogP contribution in [0.1, 0.15) is 55.8 Å². The highest BCUT2D eigenvalue weighted by atomic mass is 32.1. The monoisotopic (exact) mass is 386 g/mol. The number of hydrogen-bond donors (Lipinski definition) is 2. The number of anilines is 1. The molecule has 27 heavy (non-hydrogen) atoms. The van der Waals surface area contributed by atoms with Crippen LogP contribution in [0, 0.1) is 0 Å². The molecule has 1 aliphatic heterocycles. The van der Waals surface area contributed by atoms with Crippen LogP contribution in [0.2, 0.25) is 0 Å². The van der Waals surface area contributed by atoms with Gasteiger partial charge in [0.15, 0.2) is 5.96 Å². The molecular formula is C20H30N6S. The third-order valence-corrected chi connectivity index (χ3v) is 5.44. The van der Waals surface area contributed by atoms with E-state index >= 15 is 0 Å². The van der Waals surface area contributed by atoms with Gasteiger partial charge in [-0.2, -0.15) is 0 Å². The summed E-state index contributed by atoms with van der Waals surface area (Å²) in [6, 6.07) is 4.20. The van der Waals surface area contributed by atoms with E-state index in [0.29, 0.717) is 19.0 Å². The molecule has 0 aliphatic carbocycles. The molecule has 1 aliphatic rings. The van der Waals surface area contributed by atoms with Crippen LogP contribution >= 0.6 is 11.3 Å². The van der Waals surface area contributed by atoms with Crippen molar-refractivity contribution in [2.75, 3.05) is 24.5 Å². The zero-order chi connectivity index (χ0) is 19.1. The van der Waals surface area contributed by atoms with E-state index in [2.05, 4.69) is 57.7 Å². The van der Waals surface area contributed by atoms with Crippen molar-refractivity contribution in [3.63, 3.8) is 0 Å². The van der Waals surface area contributed by atoms with Gasteiger partial charge in [-0.15, -0.1) is 11.3 Å². The smallest absolute Gasteiger partial charge is 0.191 e. The highest BCUT2D eigenvalue weighted by Crippen LogP contribution is 2.19. The summed E-state index contributed by atoms with van der Waals surface area (Å²) < 4.78 is 0. The molecule has 0 radical (unpaired) electrons. The number of aromatic nitrogens is 2. The fourth-order valence-electron chi connectivity index (χ4n) is 3.02. The fraction of sp³-hybridized carbons (Fsp3) is 0.550. The van der Waals surface area contributed by atoms with E-state index in [4.69, 9.17) is 4.99 Å². The van der Waals surface area contributed by atoms with E-state index in [1.807, 2.05) is 12.3 Å². The average molecular weight is 387 g/mol. The largest absolute Gasteiger partial charge is 0.357 e. The normalized spacial score (nSPS) is 14.8. The van der Waals surface area contributed by atoms with Crippen molar-refractivity contribution in [3.8, 4) is 0 Å². The lowest BCUT2D eigenvalue weighted by atomic mass is 10.2. The van der Waals surface area contributed by atoms with E-state index < -0.39 is 0 Å². The zero-order valence-corrected chi connectivity index (χ0v) is 17.4. The summed E-state index contributed by atoms with van der Waals surface area (Å²) >= 11 is 1.70. The molecule has 3 heterocycles. The molecule has 0 atom stereocenters. The van der Waals surface area contributed by atoms with Gasteiger partial charge in [-0.3, -0.25) is 0 Å². The summed E-state index contributed by atoms with van der Waals surface area (Å²) in [6.45, 7) is 10.8. The van der Waals surface area contributed by atoms with Crippen molar-refractivity contribution in [2.45, 2.75) is 52.6 Å². The SMILES string of the molecule is CCNC(=NCc1ccnc(N2CCCC2)c1)NCc1nc(C(C)C)cs1. The van der Waals surface area contributed by atoms with Gasteiger partial charge in [0.25, 0.3) is 0 Å². The minimum atomic E-state index is 0.466. The highest BCUT2D eigenvalue weighted by molar-refractivity contribution is 7.09. The molecule has 0 bridgehead atoms. The Labute approximate surface area is 166 Å². The molecule has 1 fully saturated rings. The van der Waals surface area contributed by atoms with Crippen LogP contribution in [0.4, 0.5) is 5.82 Å². The lowest BCUT2D eigenvalue weighted by Crippen LogP contribution is -2.36. The first kappa shape index (κ1) is 19.6.